The molecule has 130 valence electrons. The average molecular weight is 337 g/mol. The second-order valence-electron chi connectivity index (χ2n) is 6.12. The van der Waals surface area contributed by atoms with Crippen molar-refractivity contribution in [2.24, 2.45) is 0 Å². The molecule has 1 amide bonds. The molecule has 2 aromatic rings. The van der Waals surface area contributed by atoms with Crippen LogP contribution in [0.4, 0.5) is 0 Å². The fraction of sp³-hybridized carbons (Fsp3) is 0.300. The highest BCUT2D eigenvalue weighted by molar-refractivity contribution is 5.80. The molecule has 2 aromatic carbocycles. The summed E-state index contributed by atoms with van der Waals surface area (Å²) in [6.07, 6.45) is -0.617. The number of nitriles is 1. The zero-order valence-electron chi connectivity index (χ0n) is 14.8. The Morgan fingerprint density at radius 3 is 2.40 bits per heavy atom. The SMILES string of the molecule is CC(Oc1ccc(C#N)cc1)C(=O)NCc1ccccc1CN(C)C. The number of amides is 1. The topological polar surface area (TPSA) is 65.4 Å². The van der Waals surface area contributed by atoms with Crippen LogP contribution in [-0.4, -0.2) is 31.0 Å². The van der Waals surface area contributed by atoms with Crippen LogP contribution < -0.4 is 10.1 Å². The van der Waals surface area contributed by atoms with Gasteiger partial charge in [0.15, 0.2) is 6.10 Å². The van der Waals surface area contributed by atoms with Crippen LogP contribution in [0.5, 0.6) is 5.75 Å². The molecule has 0 saturated heterocycles. The molecule has 0 aromatic heterocycles. The van der Waals surface area contributed by atoms with Gasteiger partial charge in [0, 0.05) is 13.1 Å². The van der Waals surface area contributed by atoms with Gasteiger partial charge < -0.3 is 15.0 Å². The Morgan fingerprint density at radius 1 is 1.16 bits per heavy atom. The Morgan fingerprint density at radius 2 is 1.80 bits per heavy atom. The summed E-state index contributed by atoms with van der Waals surface area (Å²) in [6, 6.07) is 16.8. The highest BCUT2D eigenvalue weighted by atomic mass is 16.5. The van der Waals surface area contributed by atoms with E-state index >= 15 is 0 Å². The number of carbonyl (C=O) groups excluding carboxylic acids is 1. The van der Waals surface area contributed by atoms with Crippen molar-refractivity contribution >= 4 is 5.91 Å². The van der Waals surface area contributed by atoms with Crippen molar-refractivity contribution in [2.75, 3.05) is 14.1 Å². The first-order chi connectivity index (χ1) is 12.0. The first kappa shape index (κ1) is 18.5. The monoisotopic (exact) mass is 337 g/mol. The van der Waals surface area contributed by atoms with Crippen molar-refractivity contribution in [2.45, 2.75) is 26.1 Å². The Kier molecular flexibility index (Phi) is 6.55. The molecule has 0 aliphatic carbocycles. The molecule has 0 radical (unpaired) electrons. The maximum atomic E-state index is 12.3. The Hall–Kier alpha value is -2.84. The van der Waals surface area contributed by atoms with Crippen molar-refractivity contribution in [3.8, 4) is 11.8 Å². The van der Waals surface area contributed by atoms with Crippen LogP contribution in [0.15, 0.2) is 48.5 Å². The van der Waals surface area contributed by atoms with E-state index in [9.17, 15) is 4.79 Å². The van der Waals surface area contributed by atoms with Gasteiger partial charge in [-0.1, -0.05) is 24.3 Å². The summed E-state index contributed by atoms with van der Waals surface area (Å²) >= 11 is 0. The molecular weight excluding hydrogens is 314 g/mol. The van der Waals surface area contributed by atoms with Gasteiger partial charge in [-0.3, -0.25) is 4.79 Å². The van der Waals surface area contributed by atoms with Gasteiger partial charge >= 0.3 is 0 Å². The number of ether oxygens (including phenoxy) is 1. The van der Waals surface area contributed by atoms with Gasteiger partial charge in [-0.25, -0.2) is 0 Å². The molecule has 0 aliphatic rings. The fourth-order valence-electron chi connectivity index (χ4n) is 2.42. The van der Waals surface area contributed by atoms with E-state index in [1.165, 1.54) is 5.56 Å². The molecule has 0 spiro atoms. The zero-order valence-corrected chi connectivity index (χ0v) is 14.8. The predicted octanol–water partition coefficient (Wildman–Crippen LogP) is 2.70. The Labute approximate surface area is 148 Å². The van der Waals surface area contributed by atoms with E-state index in [0.717, 1.165) is 12.1 Å². The molecule has 5 nitrogen and oxygen atoms in total. The molecule has 5 heteroatoms. The predicted molar refractivity (Wildman–Crippen MR) is 96.9 cm³/mol. The molecule has 0 heterocycles. The smallest absolute Gasteiger partial charge is 0.261 e. The van der Waals surface area contributed by atoms with Gasteiger partial charge in [0.2, 0.25) is 0 Å². The van der Waals surface area contributed by atoms with Crippen LogP contribution >= 0.6 is 0 Å². The summed E-state index contributed by atoms with van der Waals surface area (Å²) in [6.45, 7) is 2.99. The van der Waals surface area contributed by atoms with Gasteiger partial charge in [-0.15, -0.1) is 0 Å². The van der Waals surface area contributed by atoms with Crippen LogP contribution in [0.1, 0.15) is 23.6 Å². The minimum absolute atomic E-state index is 0.177. The number of nitrogens with zero attached hydrogens (tertiary/aromatic N) is 2. The second-order valence-corrected chi connectivity index (χ2v) is 6.12. The van der Waals surface area contributed by atoms with E-state index in [0.29, 0.717) is 17.9 Å². The molecular formula is C20H23N3O2. The molecule has 1 atom stereocenters. The van der Waals surface area contributed by atoms with Crippen molar-refractivity contribution < 1.29 is 9.53 Å². The molecule has 1 N–H and O–H groups in total. The normalized spacial score (nSPS) is 11.6. The van der Waals surface area contributed by atoms with Crippen molar-refractivity contribution in [1.29, 1.82) is 5.26 Å². The quantitative estimate of drug-likeness (QED) is 0.844. The summed E-state index contributed by atoms with van der Waals surface area (Å²) in [5.41, 5.74) is 2.84. The summed E-state index contributed by atoms with van der Waals surface area (Å²) in [7, 11) is 4.03. The lowest BCUT2D eigenvalue weighted by Gasteiger charge is -2.17. The molecule has 0 saturated carbocycles. The lowest BCUT2D eigenvalue weighted by atomic mass is 10.1. The molecule has 25 heavy (non-hydrogen) atoms. The van der Waals surface area contributed by atoms with E-state index in [2.05, 4.69) is 16.3 Å². The standard InChI is InChI=1S/C20H23N3O2/c1-15(25-19-10-8-16(12-21)9-11-19)20(24)22-13-17-6-4-5-7-18(17)14-23(2)3/h4-11,15H,13-14H2,1-3H3,(H,22,24). The number of hydrogen-bond donors (Lipinski definition) is 1. The van der Waals surface area contributed by atoms with Gasteiger partial charge in [0.25, 0.3) is 5.91 Å². The zero-order chi connectivity index (χ0) is 18.2. The van der Waals surface area contributed by atoms with Crippen LogP contribution in [0, 0.1) is 11.3 Å². The van der Waals surface area contributed by atoms with Crippen molar-refractivity contribution in [1.82, 2.24) is 10.2 Å². The van der Waals surface area contributed by atoms with Crippen LogP contribution in [-0.2, 0) is 17.9 Å². The molecule has 1 unspecified atom stereocenters. The average Bonchev–Trinajstić information content (AvgIpc) is 2.60. The molecule has 0 aliphatic heterocycles. The third-order valence-electron chi connectivity index (χ3n) is 3.72. The third kappa shape index (κ3) is 5.63. The van der Waals surface area contributed by atoms with Gasteiger partial charge in [0.05, 0.1) is 11.6 Å². The van der Waals surface area contributed by atoms with Crippen LogP contribution in [0.3, 0.4) is 0 Å². The van der Waals surface area contributed by atoms with Crippen molar-refractivity contribution in [3.05, 3.63) is 65.2 Å². The number of rotatable bonds is 7. The van der Waals surface area contributed by atoms with Crippen LogP contribution in [0.25, 0.3) is 0 Å². The summed E-state index contributed by atoms with van der Waals surface area (Å²) in [5, 5.41) is 11.7. The number of carbonyl (C=O) groups is 1. The highest BCUT2D eigenvalue weighted by Crippen LogP contribution is 2.14. The second kappa shape index (κ2) is 8.86. The minimum atomic E-state index is -0.617. The fourth-order valence-corrected chi connectivity index (χ4v) is 2.42. The van der Waals surface area contributed by atoms with Gasteiger partial charge in [-0.2, -0.15) is 5.26 Å². The third-order valence-corrected chi connectivity index (χ3v) is 3.72. The van der Waals surface area contributed by atoms with Crippen molar-refractivity contribution in [3.63, 3.8) is 0 Å². The first-order valence-corrected chi connectivity index (χ1v) is 8.15. The first-order valence-electron chi connectivity index (χ1n) is 8.15. The van der Waals surface area contributed by atoms with E-state index in [-0.39, 0.29) is 5.91 Å². The number of hydrogen-bond acceptors (Lipinski definition) is 4. The molecule has 0 fully saturated rings. The Balaban J connectivity index is 1.92. The lowest BCUT2D eigenvalue weighted by Crippen LogP contribution is -2.36. The van der Waals surface area contributed by atoms with Crippen LogP contribution in [0.2, 0.25) is 0 Å². The highest BCUT2D eigenvalue weighted by Gasteiger charge is 2.15. The maximum absolute atomic E-state index is 12.3. The van der Waals surface area contributed by atoms with E-state index in [4.69, 9.17) is 10.00 Å². The Bertz CT molecular complexity index is 748. The minimum Gasteiger partial charge on any atom is -0.481 e. The van der Waals surface area contributed by atoms with Gasteiger partial charge in [0.1, 0.15) is 5.75 Å². The van der Waals surface area contributed by atoms with E-state index in [1.807, 2.05) is 38.4 Å². The van der Waals surface area contributed by atoms with E-state index in [1.54, 1.807) is 31.2 Å². The molecule has 2 rings (SSSR count). The number of nitrogens with one attached hydrogen (secondary N) is 1. The summed E-state index contributed by atoms with van der Waals surface area (Å²) in [4.78, 5) is 14.4. The lowest BCUT2D eigenvalue weighted by molar-refractivity contribution is -0.127. The number of benzene rings is 2. The molecule has 0 bridgehead atoms. The largest absolute Gasteiger partial charge is 0.481 e. The van der Waals surface area contributed by atoms with E-state index < -0.39 is 6.10 Å². The summed E-state index contributed by atoms with van der Waals surface area (Å²) < 4.78 is 5.63. The summed E-state index contributed by atoms with van der Waals surface area (Å²) in [5.74, 6) is 0.388. The van der Waals surface area contributed by atoms with Gasteiger partial charge in [-0.05, 0) is 56.4 Å². The maximum Gasteiger partial charge on any atom is 0.261 e.